The van der Waals surface area contributed by atoms with Crippen LogP contribution < -0.4 is 0 Å². The van der Waals surface area contributed by atoms with E-state index in [1.54, 1.807) is 0 Å². The monoisotopic (exact) mass is 498 g/mol. The number of esters is 1. The topological polar surface area (TPSA) is 60.4 Å². The summed E-state index contributed by atoms with van der Waals surface area (Å²) in [6.45, 7) is 8.08. The summed E-state index contributed by atoms with van der Waals surface area (Å²) in [4.78, 5) is 27.4. The van der Waals surface area contributed by atoms with Crippen molar-refractivity contribution in [2.75, 3.05) is 17.3 Å². The molecule has 154 valence electrons. The summed E-state index contributed by atoms with van der Waals surface area (Å²) in [6, 6.07) is 0. The zero-order valence-corrected chi connectivity index (χ0v) is 20.0. The van der Waals surface area contributed by atoms with Gasteiger partial charge < -0.3 is 4.74 Å². The van der Waals surface area contributed by atoms with Gasteiger partial charge in [0.1, 0.15) is 0 Å². The molecule has 0 heterocycles. The molecule has 26 heavy (non-hydrogen) atoms. The van der Waals surface area contributed by atoms with Gasteiger partial charge in [-0.15, -0.1) is 0 Å². The van der Waals surface area contributed by atoms with Crippen LogP contribution in [-0.4, -0.2) is 29.4 Å². The van der Waals surface area contributed by atoms with Crippen LogP contribution in [0.1, 0.15) is 85.5 Å². The van der Waals surface area contributed by atoms with E-state index in [9.17, 15) is 4.79 Å². The maximum absolute atomic E-state index is 11.1. The fraction of sp³-hybridized carbons (Fsp3) is 0.800. The van der Waals surface area contributed by atoms with Gasteiger partial charge in [-0.1, -0.05) is 82.9 Å². The molecule has 4 nitrogen and oxygen atoms in total. The Morgan fingerprint density at radius 3 is 1.38 bits per heavy atom. The van der Waals surface area contributed by atoms with Gasteiger partial charge in [0.2, 0.25) is 0 Å². The molecule has 0 N–H and O–H groups in total. The average Bonchev–Trinajstić information content (AvgIpc) is 2.59. The average molecular weight is 500 g/mol. The van der Waals surface area contributed by atoms with E-state index >= 15 is 0 Å². The summed E-state index contributed by atoms with van der Waals surface area (Å²) < 4.78 is 4.86. The van der Waals surface area contributed by atoms with Crippen molar-refractivity contribution in [3.8, 4) is 0 Å². The van der Waals surface area contributed by atoms with E-state index < -0.39 is 0 Å². The molecule has 0 amide bonds. The maximum Gasteiger partial charge on any atom is 0.373 e. The van der Waals surface area contributed by atoms with Gasteiger partial charge in [0, 0.05) is 16.2 Å². The molecule has 0 spiro atoms. The molecule has 0 aliphatic rings. The van der Waals surface area contributed by atoms with E-state index in [2.05, 4.69) is 31.9 Å². The second-order valence-corrected chi connectivity index (χ2v) is 7.43. The number of unbranched alkanes of at least 4 members (excludes halogenated alkanes) is 7. The molecule has 0 aliphatic carbocycles. The summed E-state index contributed by atoms with van der Waals surface area (Å²) in [5.41, 5.74) is 1.85. The Kier molecular flexibility index (Phi) is 31.2. The molecule has 0 unspecified atom stereocenters. The third-order valence-electron chi connectivity index (χ3n) is 3.50. The Labute approximate surface area is 176 Å². The molecule has 0 aromatic rings. The van der Waals surface area contributed by atoms with Crippen LogP contribution in [-0.2, 0) is 19.1 Å². The predicted molar refractivity (Wildman–Crippen MR) is 115 cm³/mol. The molecule has 0 rings (SSSR count). The van der Waals surface area contributed by atoms with Crippen LogP contribution in [0.2, 0.25) is 0 Å². The van der Waals surface area contributed by atoms with Gasteiger partial charge in [0.15, 0.2) is 0 Å². The number of ether oxygens (including phenoxy) is 1. The van der Waals surface area contributed by atoms with Crippen molar-refractivity contribution in [3.63, 3.8) is 0 Å². The zero-order valence-electron chi connectivity index (χ0n) is 16.9. The van der Waals surface area contributed by atoms with Crippen molar-refractivity contribution >= 4 is 44.0 Å². The fourth-order valence-electron chi connectivity index (χ4n) is 2.17. The number of halogens is 2. The predicted octanol–water partition coefficient (Wildman–Crippen LogP) is 6.61. The maximum atomic E-state index is 11.1. The largest absolute Gasteiger partial charge is 0.463 e. The van der Waals surface area contributed by atoms with Crippen LogP contribution in [0.3, 0.4) is 0 Å². The first kappa shape index (κ1) is 30.3. The third-order valence-corrected chi connectivity index (χ3v) is 4.62. The van der Waals surface area contributed by atoms with Crippen LogP contribution >= 0.6 is 31.9 Å². The van der Waals surface area contributed by atoms with Crippen LogP contribution in [0.4, 0.5) is 0 Å². The number of carbonyl (C=O) groups excluding carboxylic acids is 3. The molecule has 0 aliphatic heterocycles. The van der Waals surface area contributed by atoms with Crippen molar-refractivity contribution in [1.82, 2.24) is 0 Å². The minimum absolute atomic E-state index is 0.171. The summed E-state index contributed by atoms with van der Waals surface area (Å²) in [7, 11) is 0. The highest BCUT2D eigenvalue weighted by molar-refractivity contribution is 9.09. The number of alkyl halides is 2. The zero-order chi connectivity index (χ0) is 20.6. The SMILES string of the molecule is BrCCCCCCCCCCBr.CCOC(=O)C(CC)=C(C)C.O=C=O. The van der Waals surface area contributed by atoms with Crippen LogP contribution in [0, 0.1) is 0 Å². The molecule has 0 aromatic carbocycles. The highest BCUT2D eigenvalue weighted by atomic mass is 79.9. The van der Waals surface area contributed by atoms with Gasteiger partial charge in [0.25, 0.3) is 0 Å². The lowest BCUT2D eigenvalue weighted by molar-refractivity contribution is -0.191. The number of hydrogen-bond donors (Lipinski definition) is 0. The Hall–Kier alpha value is -0.450. The van der Waals surface area contributed by atoms with Crippen molar-refractivity contribution < 1.29 is 19.1 Å². The first-order chi connectivity index (χ1) is 12.5. The van der Waals surface area contributed by atoms with Crippen molar-refractivity contribution in [2.24, 2.45) is 0 Å². The van der Waals surface area contributed by atoms with Gasteiger partial charge in [-0.25, -0.2) is 4.79 Å². The van der Waals surface area contributed by atoms with E-state index in [-0.39, 0.29) is 12.1 Å². The molecular weight excluding hydrogens is 464 g/mol. The van der Waals surface area contributed by atoms with E-state index in [1.807, 2.05) is 27.7 Å². The second-order valence-electron chi connectivity index (χ2n) is 5.84. The van der Waals surface area contributed by atoms with Crippen LogP contribution in [0.15, 0.2) is 11.1 Å². The third kappa shape index (κ3) is 25.8. The van der Waals surface area contributed by atoms with Gasteiger partial charge in [-0.3, -0.25) is 0 Å². The minimum atomic E-state index is -0.171. The van der Waals surface area contributed by atoms with Gasteiger partial charge in [-0.2, -0.15) is 9.59 Å². The molecule has 0 aromatic heterocycles. The molecule has 0 atom stereocenters. The molecule has 0 fully saturated rings. The summed E-state index contributed by atoms with van der Waals surface area (Å²) in [6.07, 6.45) is 12.3. The van der Waals surface area contributed by atoms with Crippen molar-refractivity contribution in [2.45, 2.75) is 85.5 Å². The first-order valence-electron chi connectivity index (χ1n) is 9.41. The Morgan fingerprint density at radius 2 is 1.15 bits per heavy atom. The number of hydrogen-bond acceptors (Lipinski definition) is 4. The smallest absolute Gasteiger partial charge is 0.373 e. The number of rotatable bonds is 12. The Balaban J connectivity index is -0.000000354. The van der Waals surface area contributed by atoms with Crippen molar-refractivity contribution in [1.29, 1.82) is 0 Å². The first-order valence-corrected chi connectivity index (χ1v) is 11.7. The Morgan fingerprint density at radius 1 is 0.808 bits per heavy atom. The van der Waals surface area contributed by atoms with E-state index in [0.717, 1.165) is 17.6 Å². The van der Waals surface area contributed by atoms with E-state index in [4.69, 9.17) is 14.3 Å². The fourth-order valence-corrected chi connectivity index (χ4v) is 2.96. The lowest BCUT2D eigenvalue weighted by atomic mass is 10.1. The lowest BCUT2D eigenvalue weighted by Gasteiger charge is -2.05. The van der Waals surface area contributed by atoms with Crippen LogP contribution in [0.5, 0.6) is 0 Å². The Bertz CT molecular complexity index is 362. The van der Waals surface area contributed by atoms with E-state index in [0.29, 0.717) is 6.61 Å². The van der Waals surface area contributed by atoms with Gasteiger partial charge in [0.05, 0.1) is 6.61 Å². The molecule has 0 radical (unpaired) electrons. The molecular formula is C20H36Br2O4. The lowest BCUT2D eigenvalue weighted by Crippen LogP contribution is -2.08. The van der Waals surface area contributed by atoms with Crippen molar-refractivity contribution in [3.05, 3.63) is 11.1 Å². The quantitative estimate of drug-likeness (QED) is 0.131. The summed E-state index contributed by atoms with van der Waals surface area (Å²) in [5, 5.41) is 2.35. The molecule has 6 heteroatoms. The highest BCUT2D eigenvalue weighted by Gasteiger charge is 2.08. The number of allylic oxidation sites excluding steroid dienone is 1. The molecule has 0 saturated carbocycles. The standard InChI is InChI=1S/C10H20Br2.C9H16O2.CO2/c11-9-7-5-3-1-2-4-6-8-10-12;1-5-8(7(3)4)9(10)11-6-2;2-1-3/h1-10H2;5-6H2,1-4H3;. The van der Waals surface area contributed by atoms with E-state index in [1.165, 1.54) is 62.0 Å². The summed E-state index contributed by atoms with van der Waals surface area (Å²) >= 11 is 6.90. The number of carbonyl (C=O) groups is 1. The normalized spacial score (nSPS) is 9.00. The van der Waals surface area contributed by atoms with Gasteiger partial charge >= 0.3 is 12.1 Å². The van der Waals surface area contributed by atoms with Crippen LogP contribution in [0.25, 0.3) is 0 Å². The minimum Gasteiger partial charge on any atom is -0.463 e. The molecule has 0 saturated heterocycles. The second kappa shape index (κ2) is 26.8. The van der Waals surface area contributed by atoms with Gasteiger partial charge in [-0.05, 0) is 40.0 Å². The molecule has 0 bridgehead atoms. The highest BCUT2D eigenvalue weighted by Crippen LogP contribution is 2.10. The summed E-state index contributed by atoms with van der Waals surface area (Å²) in [5.74, 6) is -0.171.